The number of aromatic nitrogens is 6. The Kier molecular flexibility index (Phi) is 5.33. The molecule has 0 fully saturated rings. The first kappa shape index (κ1) is 21.9. The van der Waals surface area contributed by atoms with Crippen LogP contribution in [0.1, 0.15) is 0 Å². The van der Waals surface area contributed by atoms with Crippen LogP contribution in [0.25, 0.3) is 67.1 Å². The molecule has 0 N–H and O–H groups in total. The molecule has 38 heavy (non-hydrogen) atoms. The highest BCUT2D eigenvalue weighted by atomic mass is 14.9. The number of hydrogen-bond donors (Lipinski definition) is 0. The summed E-state index contributed by atoms with van der Waals surface area (Å²) in [6, 6.07) is 32.6. The topological polar surface area (TPSA) is 77.3 Å². The second-order valence-corrected chi connectivity index (χ2v) is 8.95. The molecular formula is C32H20N6. The molecule has 7 rings (SSSR count). The summed E-state index contributed by atoms with van der Waals surface area (Å²) in [6.07, 6.45) is 7.12. The van der Waals surface area contributed by atoms with Gasteiger partial charge in [0.25, 0.3) is 0 Å². The number of pyridine rings is 4. The SMILES string of the molecule is c1ccc(-c2ccc(-c3nc(-c4cnc5ncccc5c4)cc(-c4cnc5ncccc5c4)n3)cc2)cc1. The molecule has 6 nitrogen and oxygen atoms in total. The molecule has 0 amide bonds. The third kappa shape index (κ3) is 4.14. The van der Waals surface area contributed by atoms with Gasteiger partial charge in [0.05, 0.1) is 11.4 Å². The van der Waals surface area contributed by atoms with Crippen LogP contribution in [0.5, 0.6) is 0 Å². The number of nitrogens with zero attached hydrogens (tertiary/aromatic N) is 6. The molecule has 0 aliphatic carbocycles. The first-order chi connectivity index (χ1) is 18.8. The minimum absolute atomic E-state index is 0.634. The van der Waals surface area contributed by atoms with Crippen LogP contribution in [0.3, 0.4) is 0 Å². The van der Waals surface area contributed by atoms with Gasteiger partial charge >= 0.3 is 0 Å². The van der Waals surface area contributed by atoms with E-state index in [0.717, 1.165) is 44.4 Å². The van der Waals surface area contributed by atoms with E-state index < -0.39 is 0 Å². The molecule has 5 aromatic heterocycles. The molecule has 0 aliphatic heterocycles. The number of hydrogen-bond acceptors (Lipinski definition) is 6. The summed E-state index contributed by atoms with van der Waals surface area (Å²) in [4.78, 5) is 27.7. The zero-order chi connectivity index (χ0) is 25.3. The Bertz CT molecular complexity index is 1820. The molecule has 2 aromatic carbocycles. The minimum Gasteiger partial charge on any atom is -0.237 e. The number of fused-ring (bicyclic) bond motifs is 2. The van der Waals surface area contributed by atoms with Crippen molar-refractivity contribution in [2.24, 2.45) is 0 Å². The maximum atomic E-state index is 4.97. The van der Waals surface area contributed by atoms with E-state index in [2.05, 4.69) is 68.5 Å². The van der Waals surface area contributed by atoms with Crippen molar-refractivity contribution >= 4 is 22.1 Å². The Morgan fingerprint density at radius 1 is 0.395 bits per heavy atom. The zero-order valence-electron chi connectivity index (χ0n) is 20.2. The highest BCUT2D eigenvalue weighted by Gasteiger charge is 2.13. The molecule has 0 radical (unpaired) electrons. The van der Waals surface area contributed by atoms with Crippen LogP contribution in [0.15, 0.2) is 122 Å². The molecule has 0 unspecified atom stereocenters. The average molecular weight is 489 g/mol. The van der Waals surface area contributed by atoms with E-state index in [9.17, 15) is 0 Å². The fraction of sp³-hybridized carbons (Fsp3) is 0. The van der Waals surface area contributed by atoms with Crippen LogP contribution in [-0.4, -0.2) is 29.9 Å². The highest BCUT2D eigenvalue weighted by Crippen LogP contribution is 2.30. The molecule has 0 atom stereocenters. The summed E-state index contributed by atoms with van der Waals surface area (Å²) >= 11 is 0. The quantitative estimate of drug-likeness (QED) is 0.265. The van der Waals surface area contributed by atoms with Gasteiger partial charge in [-0.2, -0.15) is 0 Å². The monoisotopic (exact) mass is 488 g/mol. The van der Waals surface area contributed by atoms with Crippen molar-refractivity contribution in [1.82, 2.24) is 29.9 Å². The zero-order valence-corrected chi connectivity index (χ0v) is 20.2. The van der Waals surface area contributed by atoms with Crippen molar-refractivity contribution < 1.29 is 0 Å². The van der Waals surface area contributed by atoms with E-state index in [4.69, 9.17) is 9.97 Å². The van der Waals surface area contributed by atoms with Gasteiger partial charge in [-0.15, -0.1) is 0 Å². The molecule has 0 aliphatic rings. The summed E-state index contributed by atoms with van der Waals surface area (Å²) < 4.78 is 0. The molecular weight excluding hydrogens is 468 g/mol. The predicted molar refractivity (Wildman–Crippen MR) is 150 cm³/mol. The van der Waals surface area contributed by atoms with Gasteiger partial charge in [0.2, 0.25) is 0 Å². The third-order valence-electron chi connectivity index (χ3n) is 6.48. The molecule has 0 saturated heterocycles. The lowest BCUT2D eigenvalue weighted by Crippen LogP contribution is -1.97. The lowest BCUT2D eigenvalue weighted by molar-refractivity contribution is 1.17. The van der Waals surface area contributed by atoms with Crippen molar-refractivity contribution in [3.8, 4) is 45.0 Å². The van der Waals surface area contributed by atoms with Crippen molar-refractivity contribution in [1.29, 1.82) is 0 Å². The summed E-state index contributed by atoms with van der Waals surface area (Å²) in [5, 5.41) is 1.91. The highest BCUT2D eigenvalue weighted by molar-refractivity contribution is 5.83. The standard InChI is InChI=1S/C32H20N6/c1-2-6-21(7-3-1)22-10-12-23(13-11-22)32-37-28(26-16-24-8-4-14-33-30(24)35-19-26)18-29(38-32)27-17-25-9-5-15-34-31(25)36-20-27/h1-20H. The summed E-state index contributed by atoms with van der Waals surface area (Å²) in [6.45, 7) is 0. The second-order valence-electron chi connectivity index (χ2n) is 8.95. The maximum Gasteiger partial charge on any atom is 0.160 e. The fourth-order valence-electron chi connectivity index (χ4n) is 4.53. The van der Waals surface area contributed by atoms with Gasteiger partial charge in [0.15, 0.2) is 17.1 Å². The molecule has 0 saturated carbocycles. The van der Waals surface area contributed by atoms with Gasteiger partial charge in [0.1, 0.15) is 0 Å². The molecule has 0 bridgehead atoms. The summed E-state index contributed by atoms with van der Waals surface area (Å²) in [7, 11) is 0. The van der Waals surface area contributed by atoms with E-state index in [0.29, 0.717) is 17.1 Å². The number of benzene rings is 2. The Balaban J connectivity index is 1.38. The van der Waals surface area contributed by atoms with Crippen LogP contribution in [-0.2, 0) is 0 Å². The smallest absolute Gasteiger partial charge is 0.160 e. The van der Waals surface area contributed by atoms with E-state index in [-0.39, 0.29) is 0 Å². The first-order valence-electron chi connectivity index (χ1n) is 12.3. The van der Waals surface area contributed by atoms with Crippen LogP contribution in [0.2, 0.25) is 0 Å². The van der Waals surface area contributed by atoms with Crippen LogP contribution in [0.4, 0.5) is 0 Å². The van der Waals surface area contributed by atoms with E-state index in [1.54, 1.807) is 12.4 Å². The lowest BCUT2D eigenvalue weighted by Gasteiger charge is -2.10. The van der Waals surface area contributed by atoms with E-state index in [1.807, 2.05) is 60.9 Å². The van der Waals surface area contributed by atoms with Crippen LogP contribution >= 0.6 is 0 Å². The van der Waals surface area contributed by atoms with E-state index >= 15 is 0 Å². The molecule has 0 spiro atoms. The maximum absolute atomic E-state index is 4.97. The summed E-state index contributed by atoms with van der Waals surface area (Å²) in [5.41, 5.74) is 7.99. The van der Waals surface area contributed by atoms with Gasteiger partial charge in [-0.05, 0) is 53.6 Å². The fourth-order valence-corrected chi connectivity index (χ4v) is 4.53. The normalized spacial score (nSPS) is 11.2. The largest absolute Gasteiger partial charge is 0.237 e. The molecule has 6 heteroatoms. The Morgan fingerprint density at radius 3 is 1.50 bits per heavy atom. The Labute approximate surface area is 218 Å². The molecule has 7 aromatic rings. The van der Waals surface area contributed by atoms with Gasteiger partial charge < -0.3 is 0 Å². The average Bonchev–Trinajstić information content (AvgIpc) is 3.01. The van der Waals surface area contributed by atoms with Gasteiger partial charge in [-0.3, -0.25) is 0 Å². The predicted octanol–water partition coefficient (Wildman–Crippen LogP) is 7.03. The molecule has 178 valence electrons. The molecule has 5 heterocycles. The first-order valence-corrected chi connectivity index (χ1v) is 12.3. The van der Waals surface area contributed by atoms with Crippen molar-refractivity contribution in [2.45, 2.75) is 0 Å². The van der Waals surface area contributed by atoms with Gasteiger partial charge in [-0.1, -0.05) is 54.6 Å². The second kappa shape index (κ2) is 9.26. The Morgan fingerprint density at radius 2 is 0.921 bits per heavy atom. The summed E-state index contributed by atoms with van der Waals surface area (Å²) in [5.74, 6) is 0.634. The van der Waals surface area contributed by atoms with Crippen molar-refractivity contribution in [2.75, 3.05) is 0 Å². The van der Waals surface area contributed by atoms with E-state index in [1.165, 1.54) is 5.56 Å². The third-order valence-corrected chi connectivity index (χ3v) is 6.48. The number of rotatable bonds is 4. The Hall–Kier alpha value is -5.36. The minimum atomic E-state index is 0.634. The van der Waals surface area contributed by atoms with Crippen LogP contribution in [0, 0.1) is 0 Å². The van der Waals surface area contributed by atoms with Crippen molar-refractivity contribution in [3.63, 3.8) is 0 Å². The van der Waals surface area contributed by atoms with Gasteiger partial charge in [-0.25, -0.2) is 29.9 Å². The lowest BCUT2D eigenvalue weighted by atomic mass is 10.0. The van der Waals surface area contributed by atoms with Gasteiger partial charge in [0, 0.05) is 52.3 Å². The van der Waals surface area contributed by atoms with Crippen molar-refractivity contribution in [3.05, 3.63) is 122 Å². The van der Waals surface area contributed by atoms with Crippen LogP contribution < -0.4 is 0 Å².